The molecule has 6 nitrogen and oxygen atoms in total. The fourth-order valence-electron chi connectivity index (χ4n) is 2.68. The van der Waals surface area contributed by atoms with Crippen LogP contribution in [0, 0.1) is 0 Å². The third-order valence-electron chi connectivity index (χ3n) is 3.90. The Hall–Kier alpha value is -2.67. The van der Waals surface area contributed by atoms with Crippen molar-refractivity contribution in [3.05, 3.63) is 69.4 Å². The van der Waals surface area contributed by atoms with E-state index in [4.69, 9.17) is 4.42 Å². The number of hydrogen-bond donors (Lipinski definition) is 0. The number of para-hydroxylation sites is 2. The Morgan fingerprint density at radius 3 is 2.50 bits per heavy atom. The molecule has 2 heterocycles. The summed E-state index contributed by atoms with van der Waals surface area (Å²) in [6, 6.07) is 15.2. The first kappa shape index (κ1) is 14.9. The van der Waals surface area contributed by atoms with Crippen LogP contribution in [0.5, 0.6) is 0 Å². The average Bonchev–Trinajstić information content (AvgIpc) is 3.16. The lowest BCUT2D eigenvalue weighted by molar-refractivity contribution is 0.486. The van der Waals surface area contributed by atoms with Gasteiger partial charge in [-0.05, 0) is 36.4 Å². The van der Waals surface area contributed by atoms with Gasteiger partial charge in [0.05, 0.1) is 11.0 Å². The first-order chi connectivity index (χ1) is 11.6. The number of imidazole rings is 1. The fourth-order valence-corrected chi connectivity index (χ4v) is 2.94. The van der Waals surface area contributed by atoms with Gasteiger partial charge in [-0.2, -0.15) is 0 Å². The smallest absolute Gasteiger partial charge is 0.329 e. The Labute approximate surface area is 145 Å². The van der Waals surface area contributed by atoms with Crippen LogP contribution < -0.4 is 5.69 Å². The Morgan fingerprint density at radius 2 is 1.75 bits per heavy atom. The predicted molar refractivity (Wildman–Crippen MR) is 93.7 cm³/mol. The largest absolute Gasteiger partial charge is 0.419 e. The van der Waals surface area contributed by atoms with Crippen molar-refractivity contribution >= 4 is 27.0 Å². The first-order valence-corrected chi connectivity index (χ1v) is 8.15. The van der Waals surface area contributed by atoms with Gasteiger partial charge in [-0.15, -0.1) is 10.2 Å². The topological polar surface area (TPSA) is 65.8 Å². The van der Waals surface area contributed by atoms with Crippen LogP contribution >= 0.6 is 15.9 Å². The lowest BCUT2D eigenvalue weighted by Gasteiger charge is -1.98. The Bertz CT molecular complexity index is 1080. The molecule has 0 fully saturated rings. The minimum absolute atomic E-state index is 0.111. The number of benzene rings is 2. The van der Waals surface area contributed by atoms with Crippen molar-refractivity contribution in [2.45, 2.75) is 6.54 Å². The molecule has 7 heteroatoms. The molecule has 4 aromatic rings. The highest BCUT2D eigenvalue weighted by atomic mass is 79.9. The Kier molecular flexibility index (Phi) is 3.57. The summed E-state index contributed by atoms with van der Waals surface area (Å²) in [4.78, 5) is 12.4. The van der Waals surface area contributed by atoms with Gasteiger partial charge in [-0.1, -0.05) is 28.1 Å². The van der Waals surface area contributed by atoms with Gasteiger partial charge in [0.2, 0.25) is 11.8 Å². The molecule has 0 spiro atoms. The minimum Gasteiger partial charge on any atom is -0.419 e. The molecule has 0 saturated heterocycles. The summed E-state index contributed by atoms with van der Waals surface area (Å²) in [6.45, 7) is 0.240. The van der Waals surface area contributed by atoms with E-state index in [-0.39, 0.29) is 12.2 Å². The molecule has 0 bridgehead atoms. The highest BCUT2D eigenvalue weighted by molar-refractivity contribution is 9.10. The van der Waals surface area contributed by atoms with E-state index in [1.807, 2.05) is 48.5 Å². The summed E-state index contributed by atoms with van der Waals surface area (Å²) in [5, 5.41) is 8.14. The van der Waals surface area contributed by atoms with Crippen LogP contribution in [0.15, 0.2) is 62.2 Å². The third kappa shape index (κ3) is 2.46. The molecular weight excluding hydrogens is 372 g/mol. The summed E-state index contributed by atoms with van der Waals surface area (Å²) in [6.07, 6.45) is 0. The van der Waals surface area contributed by atoms with E-state index in [9.17, 15) is 4.79 Å². The van der Waals surface area contributed by atoms with Crippen molar-refractivity contribution in [2.75, 3.05) is 0 Å². The van der Waals surface area contributed by atoms with Gasteiger partial charge in [0.15, 0.2) is 0 Å². The molecule has 0 aliphatic carbocycles. The number of aryl methyl sites for hydroxylation is 1. The van der Waals surface area contributed by atoms with Gasteiger partial charge < -0.3 is 4.42 Å². The van der Waals surface area contributed by atoms with E-state index in [1.54, 1.807) is 16.2 Å². The quantitative estimate of drug-likeness (QED) is 0.543. The summed E-state index contributed by atoms with van der Waals surface area (Å²) >= 11 is 3.39. The van der Waals surface area contributed by atoms with Gasteiger partial charge in [-0.3, -0.25) is 9.13 Å². The number of hydrogen-bond acceptors (Lipinski definition) is 4. The minimum atomic E-state index is -0.111. The molecule has 0 atom stereocenters. The van der Waals surface area contributed by atoms with Crippen LogP contribution in [0.2, 0.25) is 0 Å². The van der Waals surface area contributed by atoms with Gasteiger partial charge in [0.1, 0.15) is 6.54 Å². The number of fused-ring (bicyclic) bond motifs is 1. The molecule has 0 N–H and O–H groups in total. The summed E-state index contributed by atoms with van der Waals surface area (Å²) in [5.74, 6) is 0.831. The molecule has 0 aliphatic heterocycles. The van der Waals surface area contributed by atoms with E-state index in [0.29, 0.717) is 11.8 Å². The van der Waals surface area contributed by atoms with E-state index < -0.39 is 0 Å². The number of nitrogens with zero attached hydrogens (tertiary/aromatic N) is 4. The molecule has 0 amide bonds. The maximum atomic E-state index is 12.4. The highest BCUT2D eigenvalue weighted by Crippen LogP contribution is 2.21. The van der Waals surface area contributed by atoms with E-state index in [2.05, 4.69) is 26.1 Å². The van der Waals surface area contributed by atoms with Crippen molar-refractivity contribution < 1.29 is 4.42 Å². The zero-order valence-corrected chi connectivity index (χ0v) is 14.4. The van der Waals surface area contributed by atoms with Crippen molar-refractivity contribution in [3.8, 4) is 11.5 Å². The van der Waals surface area contributed by atoms with Crippen LogP contribution in [0.3, 0.4) is 0 Å². The van der Waals surface area contributed by atoms with E-state index in [1.165, 1.54) is 0 Å². The molecule has 2 aromatic carbocycles. The highest BCUT2D eigenvalue weighted by Gasteiger charge is 2.14. The second-order valence-corrected chi connectivity index (χ2v) is 6.34. The maximum Gasteiger partial charge on any atom is 0.329 e. The van der Waals surface area contributed by atoms with Gasteiger partial charge in [0.25, 0.3) is 0 Å². The molecule has 0 unspecified atom stereocenters. The number of rotatable bonds is 3. The second kappa shape index (κ2) is 5.76. The van der Waals surface area contributed by atoms with Crippen LogP contribution in [0.1, 0.15) is 5.89 Å². The van der Waals surface area contributed by atoms with Gasteiger partial charge >= 0.3 is 5.69 Å². The lowest BCUT2D eigenvalue weighted by Crippen LogP contribution is -2.22. The fraction of sp³-hybridized carbons (Fsp3) is 0.118. The monoisotopic (exact) mass is 384 g/mol. The molecule has 0 saturated carbocycles. The second-order valence-electron chi connectivity index (χ2n) is 5.42. The normalized spacial score (nSPS) is 11.2. The van der Waals surface area contributed by atoms with Crippen molar-refractivity contribution in [3.63, 3.8) is 0 Å². The maximum absolute atomic E-state index is 12.4. The van der Waals surface area contributed by atoms with Crippen LogP contribution in [0.25, 0.3) is 22.5 Å². The molecule has 0 radical (unpaired) electrons. The first-order valence-electron chi connectivity index (χ1n) is 7.36. The molecule has 120 valence electrons. The van der Waals surface area contributed by atoms with Crippen molar-refractivity contribution in [1.29, 1.82) is 0 Å². The van der Waals surface area contributed by atoms with Crippen LogP contribution in [-0.4, -0.2) is 19.3 Å². The molecule has 2 aromatic heterocycles. The molecule has 0 aliphatic rings. The van der Waals surface area contributed by atoms with Crippen molar-refractivity contribution in [1.82, 2.24) is 19.3 Å². The summed E-state index contributed by atoms with van der Waals surface area (Å²) in [7, 11) is 1.75. The summed E-state index contributed by atoms with van der Waals surface area (Å²) in [5.41, 5.74) is 2.44. The number of halogens is 1. The van der Waals surface area contributed by atoms with Crippen molar-refractivity contribution in [2.24, 2.45) is 7.05 Å². The molecule has 4 rings (SSSR count). The van der Waals surface area contributed by atoms with Gasteiger partial charge in [0, 0.05) is 17.1 Å². The molecular formula is C17H13BrN4O2. The lowest BCUT2D eigenvalue weighted by atomic mass is 10.2. The predicted octanol–water partition coefficient (Wildman–Crippen LogP) is 3.20. The van der Waals surface area contributed by atoms with Crippen LogP contribution in [0.4, 0.5) is 0 Å². The zero-order valence-electron chi connectivity index (χ0n) is 12.8. The average molecular weight is 385 g/mol. The Balaban J connectivity index is 1.71. The Morgan fingerprint density at radius 1 is 1.04 bits per heavy atom. The van der Waals surface area contributed by atoms with E-state index >= 15 is 0 Å². The van der Waals surface area contributed by atoms with E-state index in [0.717, 1.165) is 21.1 Å². The van der Waals surface area contributed by atoms with Crippen LogP contribution in [-0.2, 0) is 13.6 Å². The standard InChI is InChI=1S/C17H13BrN4O2/c1-21-13-4-2-3-5-14(13)22(17(21)23)10-15-19-20-16(24-15)11-6-8-12(18)9-7-11/h2-9H,10H2,1H3. The molecule has 24 heavy (non-hydrogen) atoms. The summed E-state index contributed by atoms with van der Waals surface area (Å²) < 4.78 is 9.95. The van der Waals surface area contributed by atoms with Gasteiger partial charge in [-0.25, -0.2) is 4.79 Å². The number of aromatic nitrogens is 4. The zero-order chi connectivity index (χ0) is 16.7. The SMILES string of the molecule is Cn1c(=O)n(Cc2nnc(-c3ccc(Br)cc3)o2)c2ccccc21. The third-order valence-corrected chi connectivity index (χ3v) is 4.43.